The fraction of sp³-hybridized carbons (Fsp3) is 0.167. The van der Waals surface area contributed by atoms with Gasteiger partial charge in [0.25, 0.3) is 5.91 Å². The van der Waals surface area contributed by atoms with Crippen molar-refractivity contribution in [1.29, 1.82) is 0 Å². The van der Waals surface area contributed by atoms with Gasteiger partial charge in [0, 0.05) is 9.50 Å². The lowest BCUT2D eigenvalue weighted by molar-refractivity contribution is -0.124. The van der Waals surface area contributed by atoms with Crippen LogP contribution in [0.15, 0.2) is 46.9 Å². The molecule has 0 aliphatic rings. The Bertz CT molecular complexity index is 846. The van der Waals surface area contributed by atoms with Crippen LogP contribution < -0.4 is 20.9 Å². The number of ether oxygens (including phenoxy) is 1. The normalized spacial score (nSPS) is 10.0. The summed E-state index contributed by atoms with van der Waals surface area (Å²) in [6.07, 6.45) is 0.138. The molecule has 0 heterocycles. The molecule has 0 saturated heterocycles. The first-order valence-electron chi connectivity index (χ1n) is 7.85. The molecule has 27 heavy (non-hydrogen) atoms. The molecule has 0 aromatic heterocycles. The number of carbonyl (C=O) groups excluding carboxylic acids is 2. The Morgan fingerprint density at radius 2 is 1.81 bits per heavy atom. The summed E-state index contributed by atoms with van der Waals surface area (Å²) < 4.78 is 6.37. The topological polar surface area (TPSA) is 79.5 Å². The Kier molecular flexibility index (Phi) is 8.02. The van der Waals surface area contributed by atoms with Crippen LogP contribution in [0.3, 0.4) is 0 Å². The van der Waals surface area contributed by atoms with Crippen molar-refractivity contribution in [3.63, 3.8) is 0 Å². The van der Waals surface area contributed by atoms with Gasteiger partial charge in [-0.2, -0.15) is 0 Å². The Labute approximate surface area is 175 Å². The van der Waals surface area contributed by atoms with Crippen LogP contribution in [0.2, 0.25) is 5.02 Å². The average molecular weight is 471 g/mol. The molecule has 2 aromatic carbocycles. The van der Waals surface area contributed by atoms with Crippen LogP contribution in [0.1, 0.15) is 11.1 Å². The van der Waals surface area contributed by atoms with E-state index in [0.29, 0.717) is 10.8 Å². The highest BCUT2D eigenvalue weighted by atomic mass is 79.9. The summed E-state index contributed by atoms with van der Waals surface area (Å²) in [4.78, 5) is 23.7. The molecule has 2 aromatic rings. The number of nitrogens with one attached hydrogen (secondary N) is 3. The maximum atomic E-state index is 11.9. The monoisotopic (exact) mass is 469 g/mol. The second-order valence-electron chi connectivity index (χ2n) is 5.55. The molecule has 3 N–H and O–H groups in total. The number of hydrogen-bond acceptors (Lipinski definition) is 4. The van der Waals surface area contributed by atoms with Crippen molar-refractivity contribution in [2.75, 3.05) is 6.61 Å². The standard InChI is InChI=1S/C18H17BrClN3O3S/c1-11-8-13(19)4-7-15(11)26-10-17(25)22-23-18(27)21-16(24)9-12-2-5-14(20)6-3-12/h2-8H,9-10H2,1H3,(H,22,25)(H2,21,23,24,27). The lowest BCUT2D eigenvalue weighted by Gasteiger charge is -2.12. The van der Waals surface area contributed by atoms with Crippen LogP contribution >= 0.6 is 39.7 Å². The van der Waals surface area contributed by atoms with Crippen molar-refractivity contribution in [3.05, 3.63) is 63.1 Å². The zero-order valence-corrected chi connectivity index (χ0v) is 17.5. The molecule has 2 rings (SSSR count). The fourth-order valence-electron chi connectivity index (χ4n) is 2.07. The van der Waals surface area contributed by atoms with E-state index in [4.69, 9.17) is 28.6 Å². The number of rotatable bonds is 5. The molecule has 2 amide bonds. The largest absolute Gasteiger partial charge is 0.483 e. The third-order valence-electron chi connectivity index (χ3n) is 3.34. The second kappa shape index (κ2) is 10.2. The number of hydrazine groups is 1. The van der Waals surface area contributed by atoms with Crippen LogP contribution in [0.25, 0.3) is 0 Å². The van der Waals surface area contributed by atoms with Gasteiger partial charge in [-0.1, -0.05) is 39.7 Å². The summed E-state index contributed by atoms with van der Waals surface area (Å²) in [6, 6.07) is 12.4. The minimum atomic E-state index is -0.438. The van der Waals surface area contributed by atoms with Crippen molar-refractivity contribution < 1.29 is 14.3 Å². The van der Waals surface area contributed by atoms with Gasteiger partial charge in [0.1, 0.15) is 5.75 Å². The lowest BCUT2D eigenvalue weighted by atomic mass is 10.1. The zero-order chi connectivity index (χ0) is 19.8. The van der Waals surface area contributed by atoms with E-state index >= 15 is 0 Å². The van der Waals surface area contributed by atoms with Crippen molar-refractivity contribution in [3.8, 4) is 5.75 Å². The fourth-order valence-corrected chi connectivity index (χ4v) is 2.84. The first kappa shape index (κ1) is 21.1. The van der Waals surface area contributed by atoms with Crippen LogP contribution in [0.5, 0.6) is 5.75 Å². The van der Waals surface area contributed by atoms with E-state index in [0.717, 1.165) is 15.6 Å². The van der Waals surface area contributed by atoms with E-state index < -0.39 is 5.91 Å². The summed E-state index contributed by atoms with van der Waals surface area (Å²) in [5, 5.41) is 3.06. The molecule has 0 atom stereocenters. The molecule has 0 aliphatic heterocycles. The van der Waals surface area contributed by atoms with Gasteiger partial charge >= 0.3 is 0 Å². The van der Waals surface area contributed by atoms with Crippen molar-refractivity contribution >= 4 is 56.7 Å². The molecule has 0 unspecified atom stereocenters. The number of amides is 2. The van der Waals surface area contributed by atoms with Gasteiger partial charge in [-0.05, 0) is 60.6 Å². The van der Waals surface area contributed by atoms with Gasteiger partial charge < -0.3 is 10.1 Å². The Morgan fingerprint density at radius 3 is 2.48 bits per heavy atom. The SMILES string of the molecule is Cc1cc(Br)ccc1OCC(=O)NNC(=S)NC(=O)Cc1ccc(Cl)cc1. The lowest BCUT2D eigenvalue weighted by Crippen LogP contribution is -2.49. The molecule has 0 bridgehead atoms. The first-order valence-corrected chi connectivity index (χ1v) is 9.43. The number of halogens is 2. The Balaban J connectivity index is 1.70. The van der Waals surface area contributed by atoms with E-state index in [1.165, 1.54) is 0 Å². The number of carbonyl (C=O) groups is 2. The molecule has 6 nitrogen and oxygen atoms in total. The van der Waals surface area contributed by atoms with Gasteiger partial charge in [-0.15, -0.1) is 0 Å². The summed E-state index contributed by atoms with van der Waals surface area (Å²) in [7, 11) is 0. The average Bonchev–Trinajstić information content (AvgIpc) is 2.61. The maximum Gasteiger partial charge on any atom is 0.276 e. The minimum Gasteiger partial charge on any atom is -0.483 e. The summed E-state index contributed by atoms with van der Waals surface area (Å²) in [5.41, 5.74) is 6.51. The van der Waals surface area contributed by atoms with Gasteiger partial charge in [-0.25, -0.2) is 0 Å². The molecular formula is C18H17BrClN3O3S. The third kappa shape index (κ3) is 7.54. The second-order valence-corrected chi connectivity index (χ2v) is 7.31. The van der Waals surface area contributed by atoms with Gasteiger partial charge in [0.05, 0.1) is 6.42 Å². The highest BCUT2D eigenvalue weighted by molar-refractivity contribution is 9.10. The van der Waals surface area contributed by atoms with Crippen molar-refractivity contribution in [2.45, 2.75) is 13.3 Å². The third-order valence-corrected chi connectivity index (χ3v) is 4.29. The zero-order valence-electron chi connectivity index (χ0n) is 14.3. The van der Waals surface area contributed by atoms with Gasteiger partial charge in [0.15, 0.2) is 11.7 Å². The minimum absolute atomic E-state index is 0.0119. The molecule has 0 aliphatic carbocycles. The van der Waals surface area contributed by atoms with E-state index in [1.807, 2.05) is 19.1 Å². The van der Waals surface area contributed by atoms with Crippen molar-refractivity contribution in [2.24, 2.45) is 0 Å². The van der Waals surface area contributed by atoms with Crippen LogP contribution in [0.4, 0.5) is 0 Å². The summed E-state index contributed by atoms with van der Waals surface area (Å²) in [5.74, 6) is -0.148. The molecule has 142 valence electrons. The Hall–Kier alpha value is -2.16. The number of aryl methyl sites for hydroxylation is 1. The predicted octanol–water partition coefficient (Wildman–Crippen LogP) is 3.05. The Morgan fingerprint density at radius 1 is 1.11 bits per heavy atom. The van der Waals surface area contributed by atoms with Crippen molar-refractivity contribution in [1.82, 2.24) is 16.2 Å². The van der Waals surface area contributed by atoms with Crippen LogP contribution in [-0.4, -0.2) is 23.5 Å². The quantitative estimate of drug-likeness (QED) is 0.462. The van der Waals surface area contributed by atoms with E-state index in [-0.39, 0.29) is 24.0 Å². The molecule has 9 heteroatoms. The molecular weight excluding hydrogens is 454 g/mol. The number of benzene rings is 2. The van der Waals surface area contributed by atoms with Crippen LogP contribution in [-0.2, 0) is 16.0 Å². The van der Waals surface area contributed by atoms with Gasteiger partial charge in [-0.3, -0.25) is 20.4 Å². The van der Waals surface area contributed by atoms with E-state index in [9.17, 15) is 9.59 Å². The van der Waals surface area contributed by atoms with E-state index in [2.05, 4.69) is 32.1 Å². The highest BCUT2D eigenvalue weighted by Gasteiger charge is 2.08. The number of thiocarbonyl (C=S) groups is 1. The summed E-state index contributed by atoms with van der Waals surface area (Å²) in [6.45, 7) is 1.68. The summed E-state index contributed by atoms with van der Waals surface area (Å²) >= 11 is 14.1. The maximum absolute atomic E-state index is 11.9. The molecule has 0 saturated carbocycles. The number of hydrogen-bond donors (Lipinski definition) is 3. The van der Waals surface area contributed by atoms with E-state index in [1.54, 1.807) is 30.3 Å². The molecule has 0 radical (unpaired) electrons. The smallest absolute Gasteiger partial charge is 0.276 e. The predicted molar refractivity (Wildman–Crippen MR) is 112 cm³/mol. The van der Waals surface area contributed by atoms with Crippen LogP contribution in [0, 0.1) is 6.92 Å². The first-order chi connectivity index (χ1) is 12.8. The molecule has 0 spiro atoms. The van der Waals surface area contributed by atoms with Gasteiger partial charge in [0.2, 0.25) is 5.91 Å². The molecule has 0 fully saturated rings. The highest BCUT2D eigenvalue weighted by Crippen LogP contribution is 2.21.